The van der Waals surface area contributed by atoms with Crippen LogP contribution in [0.3, 0.4) is 0 Å². The topological polar surface area (TPSA) is 44.8 Å². The highest BCUT2D eigenvalue weighted by molar-refractivity contribution is 5.60. The number of hydrogen-bond acceptors (Lipinski definition) is 4. The first kappa shape index (κ1) is 11.7. The third kappa shape index (κ3) is 1.92. The summed E-state index contributed by atoms with van der Waals surface area (Å²) < 4.78 is 29.3. The Labute approximate surface area is 98.3 Å². The predicted molar refractivity (Wildman–Crippen MR) is 58.2 cm³/mol. The van der Waals surface area contributed by atoms with E-state index < -0.39 is 5.82 Å². The minimum absolute atomic E-state index is 0.0583. The van der Waals surface area contributed by atoms with Gasteiger partial charge in [-0.25, -0.2) is 4.39 Å². The molecule has 1 heterocycles. The van der Waals surface area contributed by atoms with E-state index in [0.717, 1.165) is 6.29 Å². The normalized spacial score (nSPS) is 14.5. The molecule has 0 N–H and O–H groups in total. The molecule has 1 aliphatic heterocycles. The molecule has 0 aromatic heterocycles. The molecule has 4 nitrogen and oxygen atoms in total. The van der Waals surface area contributed by atoms with Gasteiger partial charge >= 0.3 is 0 Å². The molecule has 1 atom stereocenters. The van der Waals surface area contributed by atoms with E-state index in [-0.39, 0.29) is 24.9 Å². The van der Waals surface area contributed by atoms with Gasteiger partial charge in [0.2, 0.25) is 6.79 Å². The number of methoxy groups -OCH3 is 1. The summed E-state index contributed by atoms with van der Waals surface area (Å²) in [6.07, 6.45) is 1.06. The molecule has 5 heteroatoms. The van der Waals surface area contributed by atoms with Crippen molar-refractivity contribution in [2.45, 2.75) is 19.3 Å². The van der Waals surface area contributed by atoms with Gasteiger partial charge in [-0.15, -0.1) is 0 Å². The van der Waals surface area contributed by atoms with E-state index in [4.69, 9.17) is 14.2 Å². The highest BCUT2D eigenvalue weighted by atomic mass is 19.1. The second-order valence-corrected chi connectivity index (χ2v) is 3.84. The fraction of sp³-hybridized carbons (Fsp3) is 0.417. The van der Waals surface area contributed by atoms with Crippen molar-refractivity contribution >= 4 is 6.29 Å². The monoisotopic (exact) mass is 240 g/mol. The van der Waals surface area contributed by atoms with Crippen molar-refractivity contribution < 1.29 is 23.4 Å². The zero-order valence-electron chi connectivity index (χ0n) is 9.66. The summed E-state index contributed by atoms with van der Waals surface area (Å²) in [5.41, 5.74) is 0.548. The lowest BCUT2D eigenvalue weighted by molar-refractivity contribution is -0.108. The van der Waals surface area contributed by atoms with Crippen LogP contribution in [-0.4, -0.2) is 20.2 Å². The standard InChI is InChI=1S/C12H13FO4/c1-7(3-4-14)10-11(15-2)8(13)5-9-12(10)17-6-16-9/h4-5,7H,3,6H2,1-2H3. The van der Waals surface area contributed by atoms with Gasteiger partial charge in [-0.05, 0) is 5.92 Å². The molecule has 92 valence electrons. The number of ether oxygens (including phenoxy) is 3. The van der Waals surface area contributed by atoms with Gasteiger partial charge in [0.1, 0.15) is 6.29 Å². The lowest BCUT2D eigenvalue weighted by atomic mass is 9.95. The Morgan fingerprint density at radius 1 is 1.59 bits per heavy atom. The minimum Gasteiger partial charge on any atom is -0.493 e. The Bertz CT molecular complexity index is 441. The molecule has 0 saturated carbocycles. The molecular weight excluding hydrogens is 227 g/mol. The zero-order valence-corrected chi connectivity index (χ0v) is 9.66. The molecule has 1 aromatic carbocycles. The number of benzene rings is 1. The Kier molecular flexibility index (Phi) is 3.17. The summed E-state index contributed by atoms with van der Waals surface area (Å²) in [4.78, 5) is 10.6. The molecule has 0 amide bonds. The minimum atomic E-state index is -0.510. The average molecular weight is 240 g/mol. The van der Waals surface area contributed by atoms with Gasteiger partial charge in [-0.3, -0.25) is 0 Å². The highest BCUT2D eigenvalue weighted by Gasteiger charge is 2.28. The van der Waals surface area contributed by atoms with Crippen LogP contribution < -0.4 is 14.2 Å². The van der Waals surface area contributed by atoms with E-state index in [0.29, 0.717) is 17.1 Å². The van der Waals surface area contributed by atoms with Crippen LogP contribution in [-0.2, 0) is 4.79 Å². The molecule has 1 aliphatic rings. The Morgan fingerprint density at radius 2 is 2.35 bits per heavy atom. The third-order valence-electron chi connectivity index (χ3n) is 2.75. The molecule has 0 aliphatic carbocycles. The average Bonchev–Trinajstić information content (AvgIpc) is 2.74. The number of halogens is 1. The number of rotatable bonds is 4. The first-order valence-electron chi connectivity index (χ1n) is 5.28. The number of carbonyl (C=O) groups excluding carboxylic acids is 1. The second kappa shape index (κ2) is 4.61. The maximum atomic E-state index is 13.8. The predicted octanol–water partition coefficient (Wildman–Crippen LogP) is 2.26. The molecule has 0 bridgehead atoms. The van der Waals surface area contributed by atoms with Crippen molar-refractivity contribution in [3.63, 3.8) is 0 Å². The number of fused-ring (bicyclic) bond motifs is 1. The summed E-state index contributed by atoms with van der Waals surface area (Å²) in [5.74, 6) is 0.246. The maximum Gasteiger partial charge on any atom is 0.231 e. The van der Waals surface area contributed by atoms with Crippen LogP contribution >= 0.6 is 0 Å². The maximum absolute atomic E-state index is 13.8. The van der Waals surface area contributed by atoms with E-state index >= 15 is 0 Å². The van der Waals surface area contributed by atoms with E-state index in [1.807, 2.05) is 6.92 Å². The molecule has 0 fully saturated rings. The number of aldehydes is 1. The summed E-state index contributed by atoms with van der Waals surface area (Å²) in [6.45, 7) is 1.87. The van der Waals surface area contributed by atoms with Gasteiger partial charge in [0, 0.05) is 18.1 Å². The van der Waals surface area contributed by atoms with Crippen molar-refractivity contribution in [3.05, 3.63) is 17.4 Å². The first-order valence-corrected chi connectivity index (χ1v) is 5.28. The summed E-state index contributed by atoms with van der Waals surface area (Å²) in [7, 11) is 1.39. The number of hydrogen-bond donors (Lipinski definition) is 0. The van der Waals surface area contributed by atoms with Crippen molar-refractivity contribution in [1.29, 1.82) is 0 Å². The van der Waals surface area contributed by atoms with Gasteiger partial charge in [-0.1, -0.05) is 6.92 Å². The van der Waals surface area contributed by atoms with Crippen LogP contribution in [0.25, 0.3) is 0 Å². The molecule has 1 unspecified atom stereocenters. The fourth-order valence-corrected chi connectivity index (χ4v) is 1.94. The van der Waals surface area contributed by atoms with Gasteiger partial charge < -0.3 is 19.0 Å². The molecular formula is C12H13FO4. The van der Waals surface area contributed by atoms with E-state index in [1.54, 1.807) is 0 Å². The lowest BCUT2D eigenvalue weighted by Gasteiger charge is -2.16. The second-order valence-electron chi connectivity index (χ2n) is 3.84. The van der Waals surface area contributed by atoms with Crippen LogP contribution in [0.1, 0.15) is 24.8 Å². The Balaban J connectivity index is 2.56. The van der Waals surface area contributed by atoms with Crippen LogP contribution in [0.15, 0.2) is 6.07 Å². The van der Waals surface area contributed by atoms with E-state index in [9.17, 15) is 9.18 Å². The van der Waals surface area contributed by atoms with E-state index in [1.165, 1.54) is 13.2 Å². The van der Waals surface area contributed by atoms with Gasteiger partial charge in [-0.2, -0.15) is 0 Å². The molecule has 1 aromatic rings. The molecule has 0 saturated heterocycles. The molecule has 0 radical (unpaired) electrons. The SMILES string of the molecule is COc1c(F)cc2c(c1C(C)CC=O)OCO2. The van der Waals surface area contributed by atoms with Crippen molar-refractivity contribution in [2.24, 2.45) is 0 Å². The lowest BCUT2D eigenvalue weighted by Crippen LogP contribution is -2.03. The van der Waals surface area contributed by atoms with Crippen LogP contribution in [0.2, 0.25) is 0 Å². The summed E-state index contributed by atoms with van der Waals surface area (Å²) >= 11 is 0. The van der Waals surface area contributed by atoms with Crippen molar-refractivity contribution in [1.82, 2.24) is 0 Å². The van der Waals surface area contributed by atoms with Crippen molar-refractivity contribution in [2.75, 3.05) is 13.9 Å². The van der Waals surface area contributed by atoms with Crippen LogP contribution in [0, 0.1) is 5.82 Å². The zero-order chi connectivity index (χ0) is 12.4. The largest absolute Gasteiger partial charge is 0.493 e. The fourth-order valence-electron chi connectivity index (χ4n) is 1.94. The molecule has 2 rings (SSSR count). The third-order valence-corrected chi connectivity index (χ3v) is 2.75. The van der Waals surface area contributed by atoms with E-state index in [2.05, 4.69) is 0 Å². The number of carbonyl (C=O) groups is 1. The van der Waals surface area contributed by atoms with Crippen molar-refractivity contribution in [3.8, 4) is 17.2 Å². The Morgan fingerprint density at radius 3 is 3.00 bits per heavy atom. The highest BCUT2D eigenvalue weighted by Crippen LogP contribution is 2.46. The molecule has 0 spiro atoms. The first-order chi connectivity index (χ1) is 8.19. The quantitative estimate of drug-likeness (QED) is 0.757. The van der Waals surface area contributed by atoms with Gasteiger partial charge in [0.25, 0.3) is 0 Å². The Hall–Kier alpha value is -1.78. The smallest absolute Gasteiger partial charge is 0.231 e. The van der Waals surface area contributed by atoms with Gasteiger partial charge in [0.05, 0.1) is 7.11 Å². The summed E-state index contributed by atoms with van der Waals surface area (Å²) in [6, 6.07) is 1.23. The van der Waals surface area contributed by atoms with Crippen LogP contribution in [0.5, 0.6) is 17.2 Å². The molecule has 17 heavy (non-hydrogen) atoms. The van der Waals surface area contributed by atoms with Crippen LogP contribution in [0.4, 0.5) is 4.39 Å². The summed E-state index contributed by atoms with van der Waals surface area (Å²) in [5, 5.41) is 0. The van der Waals surface area contributed by atoms with Gasteiger partial charge in [0.15, 0.2) is 23.1 Å².